The third-order valence-corrected chi connectivity index (χ3v) is 3.91. The summed E-state index contributed by atoms with van der Waals surface area (Å²) in [6.45, 7) is 1.59. The van der Waals surface area contributed by atoms with E-state index in [0.29, 0.717) is 31.7 Å². The Bertz CT molecular complexity index is 550. The zero-order valence-corrected chi connectivity index (χ0v) is 12.1. The van der Waals surface area contributed by atoms with Crippen molar-refractivity contribution in [2.75, 3.05) is 20.3 Å². The summed E-state index contributed by atoms with van der Waals surface area (Å²) in [5.74, 6) is 0.203. The molecule has 1 fully saturated rings. The minimum absolute atomic E-state index is 0.0484. The Morgan fingerprint density at radius 3 is 3.00 bits per heavy atom. The van der Waals surface area contributed by atoms with Gasteiger partial charge in [-0.15, -0.1) is 0 Å². The molecular formula is C14H20N4O3. The second-order valence-corrected chi connectivity index (χ2v) is 5.62. The number of hydrogen-bond acceptors (Lipinski definition) is 4. The average molecular weight is 292 g/mol. The molecule has 0 saturated heterocycles. The number of nitrogens with one attached hydrogen (secondary N) is 2. The normalized spacial score (nSPS) is 20.1. The highest BCUT2D eigenvalue weighted by atomic mass is 16.5. The molecule has 7 heteroatoms. The Balaban J connectivity index is 1.58. The van der Waals surface area contributed by atoms with Crippen LogP contribution >= 0.6 is 0 Å². The summed E-state index contributed by atoms with van der Waals surface area (Å²) in [7, 11) is 1.59. The summed E-state index contributed by atoms with van der Waals surface area (Å²) in [6.07, 6.45) is 4.24. The highest BCUT2D eigenvalue weighted by Gasteiger charge is 2.34. The molecule has 21 heavy (non-hydrogen) atoms. The smallest absolute Gasteiger partial charge is 0.254 e. The van der Waals surface area contributed by atoms with Gasteiger partial charge in [0.15, 0.2) is 0 Å². The minimum atomic E-state index is -0.137. The highest BCUT2D eigenvalue weighted by Crippen LogP contribution is 2.29. The van der Waals surface area contributed by atoms with E-state index in [0.717, 1.165) is 18.5 Å². The zero-order valence-electron chi connectivity index (χ0n) is 12.1. The number of nitrogens with zero attached hydrogens (tertiary/aromatic N) is 2. The van der Waals surface area contributed by atoms with Crippen LogP contribution in [0, 0.1) is 5.92 Å². The Morgan fingerprint density at radius 1 is 1.48 bits per heavy atom. The van der Waals surface area contributed by atoms with E-state index in [1.165, 1.54) is 0 Å². The van der Waals surface area contributed by atoms with Crippen LogP contribution in [0.5, 0.6) is 0 Å². The van der Waals surface area contributed by atoms with Crippen LogP contribution in [0.1, 0.15) is 28.9 Å². The first-order chi connectivity index (χ1) is 10.2. The van der Waals surface area contributed by atoms with Crippen LogP contribution in [-0.2, 0) is 22.5 Å². The lowest BCUT2D eigenvalue weighted by Gasteiger charge is -2.11. The van der Waals surface area contributed by atoms with Crippen molar-refractivity contribution in [2.45, 2.75) is 31.8 Å². The van der Waals surface area contributed by atoms with Crippen molar-refractivity contribution in [3.05, 3.63) is 17.5 Å². The molecule has 1 aliphatic carbocycles. The van der Waals surface area contributed by atoms with Gasteiger partial charge in [-0.05, 0) is 12.8 Å². The number of ether oxygens (including phenoxy) is 1. The van der Waals surface area contributed by atoms with Crippen molar-refractivity contribution in [1.82, 2.24) is 20.4 Å². The molecule has 2 N–H and O–H groups in total. The molecule has 0 aromatic carbocycles. The molecule has 0 spiro atoms. The Kier molecular flexibility index (Phi) is 3.92. The predicted molar refractivity (Wildman–Crippen MR) is 74.8 cm³/mol. The zero-order chi connectivity index (χ0) is 14.8. The fourth-order valence-corrected chi connectivity index (χ4v) is 2.60. The van der Waals surface area contributed by atoms with E-state index in [-0.39, 0.29) is 23.8 Å². The maximum atomic E-state index is 12.1. The van der Waals surface area contributed by atoms with Crippen LogP contribution in [0.3, 0.4) is 0 Å². The summed E-state index contributed by atoms with van der Waals surface area (Å²) >= 11 is 0. The molecule has 3 rings (SSSR count). The first kappa shape index (κ1) is 14.1. The summed E-state index contributed by atoms with van der Waals surface area (Å²) in [5.41, 5.74) is 1.49. The van der Waals surface area contributed by atoms with Crippen molar-refractivity contribution in [2.24, 2.45) is 5.92 Å². The van der Waals surface area contributed by atoms with Crippen LogP contribution < -0.4 is 10.6 Å². The molecule has 2 amide bonds. The first-order valence-corrected chi connectivity index (χ1v) is 7.31. The van der Waals surface area contributed by atoms with Gasteiger partial charge in [-0.1, -0.05) is 0 Å². The third-order valence-electron chi connectivity index (χ3n) is 3.91. The van der Waals surface area contributed by atoms with E-state index in [4.69, 9.17) is 4.74 Å². The van der Waals surface area contributed by atoms with Gasteiger partial charge in [0.1, 0.15) is 0 Å². The first-order valence-electron chi connectivity index (χ1n) is 7.31. The number of carbonyl (C=O) groups is 2. The van der Waals surface area contributed by atoms with Crippen molar-refractivity contribution in [1.29, 1.82) is 0 Å². The van der Waals surface area contributed by atoms with Gasteiger partial charge in [-0.3, -0.25) is 14.3 Å². The lowest BCUT2D eigenvalue weighted by atomic mass is 10.1. The molecule has 1 aromatic heterocycles. The van der Waals surface area contributed by atoms with Gasteiger partial charge in [0.25, 0.3) is 5.91 Å². The summed E-state index contributed by atoms with van der Waals surface area (Å²) in [5, 5.41) is 10.1. The van der Waals surface area contributed by atoms with Gasteiger partial charge < -0.3 is 15.4 Å². The molecule has 0 radical (unpaired) electrons. The third kappa shape index (κ3) is 3.07. The second-order valence-electron chi connectivity index (χ2n) is 5.62. The fourth-order valence-electron chi connectivity index (χ4n) is 2.60. The monoisotopic (exact) mass is 292 g/mol. The second kappa shape index (κ2) is 5.85. The number of hydrogen-bond donors (Lipinski definition) is 2. The van der Waals surface area contributed by atoms with Crippen molar-refractivity contribution in [3.63, 3.8) is 0 Å². The number of methoxy groups -OCH3 is 1. The fraction of sp³-hybridized carbons (Fsp3) is 0.643. The quantitative estimate of drug-likeness (QED) is 0.706. The van der Waals surface area contributed by atoms with Crippen LogP contribution in [0.25, 0.3) is 0 Å². The number of fused-ring (bicyclic) bond motifs is 1. The molecule has 114 valence electrons. The number of rotatable bonds is 6. The molecule has 2 heterocycles. The number of aromatic nitrogens is 2. The Hall–Kier alpha value is -1.89. The van der Waals surface area contributed by atoms with Gasteiger partial charge in [0, 0.05) is 26.0 Å². The molecule has 1 saturated carbocycles. The highest BCUT2D eigenvalue weighted by molar-refractivity contribution is 5.95. The van der Waals surface area contributed by atoms with Gasteiger partial charge in [-0.2, -0.15) is 5.10 Å². The lowest BCUT2D eigenvalue weighted by molar-refractivity contribution is -0.123. The van der Waals surface area contributed by atoms with Gasteiger partial charge in [0.05, 0.1) is 36.6 Å². The summed E-state index contributed by atoms with van der Waals surface area (Å²) in [4.78, 5) is 23.9. The van der Waals surface area contributed by atoms with Crippen LogP contribution in [-0.4, -0.2) is 47.9 Å². The van der Waals surface area contributed by atoms with Crippen LogP contribution in [0.4, 0.5) is 0 Å². The molecule has 0 unspecified atom stereocenters. The Labute approximate surface area is 123 Å². The van der Waals surface area contributed by atoms with Gasteiger partial charge >= 0.3 is 0 Å². The average Bonchev–Trinajstić information content (AvgIpc) is 3.13. The molecule has 7 nitrogen and oxygen atoms in total. The topological polar surface area (TPSA) is 85.2 Å². The van der Waals surface area contributed by atoms with E-state index < -0.39 is 0 Å². The van der Waals surface area contributed by atoms with E-state index in [9.17, 15) is 9.59 Å². The lowest BCUT2D eigenvalue weighted by Crippen LogP contribution is -2.37. The van der Waals surface area contributed by atoms with Gasteiger partial charge in [0.2, 0.25) is 5.91 Å². The van der Waals surface area contributed by atoms with E-state index in [1.807, 2.05) is 4.68 Å². The Morgan fingerprint density at radius 2 is 2.29 bits per heavy atom. The summed E-state index contributed by atoms with van der Waals surface area (Å²) in [6, 6.07) is 0.0484. The largest absolute Gasteiger partial charge is 0.383 e. The molecule has 1 atom stereocenters. The molecule has 0 bridgehead atoms. The molecule has 1 aliphatic heterocycles. The van der Waals surface area contributed by atoms with Crippen molar-refractivity contribution in [3.8, 4) is 0 Å². The van der Waals surface area contributed by atoms with Crippen molar-refractivity contribution < 1.29 is 14.3 Å². The minimum Gasteiger partial charge on any atom is -0.383 e. The molecule has 2 aliphatic rings. The maximum Gasteiger partial charge on any atom is 0.254 e. The van der Waals surface area contributed by atoms with E-state index in [2.05, 4.69) is 15.7 Å². The predicted octanol–water partition coefficient (Wildman–Crippen LogP) is -0.290. The van der Waals surface area contributed by atoms with E-state index >= 15 is 0 Å². The van der Waals surface area contributed by atoms with Crippen LogP contribution in [0.2, 0.25) is 0 Å². The molecular weight excluding hydrogens is 272 g/mol. The van der Waals surface area contributed by atoms with Crippen LogP contribution in [0.15, 0.2) is 6.20 Å². The SMILES string of the molecule is COCCNC(=O)c1cnn2c1C[C@H](NC(=O)C1CC1)C2. The maximum absolute atomic E-state index is 12.1. The van der Waals surface area contributed by atoms with Gasteiger partial charge in [-0.25, -0.2) is 0 Å². The van der Waals surface area contributed by atoms with E-state index in [1.54, 1.807) is 13.3 Å². The standard InChI is InChI=1S/C14H20N4O3/c1-21-5-4-15-14(20)11-7-16-18-8-10(6-12(11)18)17-13(19)9-2-3-9/h7,9-10H,2-6,8H2,1H3,(H,15,20)(H,17,19)/t10-/m0/s1. The number of amides is 2. The summed E-state index contributed by atoms with van der Waals surface area (Å²) < 4.78 is 6.72. The number of carbonyl (C=O) groups excluding carboxylic acids is 2. The van der Waals surface area contributed by atoms with Crippen molar-refractivity contribution >= 4 is 11.8 Å². The molecule has 1 aromatic rings.